The van der Waals surface area contributed by atoms with Crippen LogP contribution >= 0.6 is 0 Å². The summed E-state index contributed by atoms with van der Waals surface area (Å²) < 4.78 is 18.9. The monoisotopic (exact) mass is 267 g/mol. The molecule has 1 heterocycles. The number of hydrogen-bond acceptors (Lipinski definition) is 3. The minimum absolute atomic E-state index is 0.107. The van der Waals surface area contributed by atoms with Crippen LogP contribution in [-0.4, -0.2) is 30.3 Å². The SMILES string of the molecule is CC(NCc1cc(C(=O)O)ccc1F)C1CCOC1. The molecule has 0 bridgehead atoms. The van der Waals surface area contributed by atoms with E-state index in [0.29, 0.717) is 18.0 Å². The first-order valence-corrected chi connectivity index (χ1v) is 6.41. The number of rotatable bonds is 5. The Hall–Kier alpha value is -1.46. The first-order valence-electron chi connectivity index (χ1n) is 6.41. The smallest absolute Gasteiger partial charge is 0.335 e. The molecule has 1 aliphatic rings. The molecule has 1 saturated heterocycles. The highest BCUT2D eigenvalue weighted by molar-refractivity contribution is 5.87. The summed E-state index contributed by atoms with van der Waals surface area (Å²) in [4.78, 5) is 10.9. The number of halogens is 1. The number of benzene rings is 1. The van der Waals surface area contributed by atoms with Crippen molar-refractivity contribution >= 4 is 5.97 Å². The minimum Gasteiger partial charge on any atom is -0.478 e. The van der Waals surface area contributed by atoms with Crippen molar-refractivity contribution in [3.05, 3.63) is 35.1 Å². The molecular formula is C14H18FNO3. The normalized spacial score (nSPS) is 20.4. The highest BCUT2D eigenvalue weighted by Crippen LogP contribution is 2.17. The lowest BCUT2D eigenvalue weighted by Gasteiger charge is -2.19. The topological polar surface area (TPSA) is 58.6 Å². The Bertz CT molecular complexity index is 458. The number of ether oxygens (including phenoxy) is 1. The Morgan fingerprint density at radius 3 is 3.05 bits per heavy atom. The first kappa shape index (κ1) is 14.0. The van der Waals surface area contributed by atoms with E-state index in [4.69, 9.17) is 9.84 Å². The zero-order chi connectivity index (χ0) is 13.8. The second-order valence-electron chi connectivity index (χ2n) is 4.90. The fraction of sp³-hybridized carbons (Fsp3) is 0.500. The van der Waals surface area contributed by atoms with Gasteiger partial charge in [0.2, 0.25) is 0 Å². The predicted octanol–water partition coefficient (Wildman–Crippen LogP) is 2.04. The molecule has 104 valence electrons. The molecule has 2 rings (SSSR count). The largest absolute Gasteiger partial charge is 0.478 e. The van der Waals surface area contributed by atoms with Crippen LogP contribution in [0.5, 0.6) is 0 Å². The Morgan fingerprint density at radius 2 is 2.42 bits per heavy atom. The molecule has 2 atom stereocenters. The number of hydrogen-bond donors (Lipinski definition) is 2. The lowest BCUT2D eigenvalue weighted by Crippen LogP contribution is -2.33. The molecule has 0 aliphatic carbocycles. The zero-order valence-electron chi connectivity index (χ0n) is 10.9. The summed E-state index contributed by atoms with van der Waals surface area (Å²) >= 11 is 0. The zero-order valence-corrected chi connectivity index (χ0v) is 10.9. The number of carboxylic acids is 1. The van der Waals surface area contributed by atoms with Gasteiger partial charge in [-0.05, 0) is 37.5 Å². The van der Waals surface area contributed by atoms with Gasteiger partial charge in [0.25, 0.3) is 0 Å². The van der Waals surface area contributed by atoms with Crippen LogP contribution in [0.2, 0.25) is 0 Å². The molecule has 5 heteroatoms. The molecule has 0 radical (unpaired) electrons. The standard InChI is InChI=1S/C14H18FNO3/c1-9(11-4-5-19-8-11)16-7-12-6-10(14(17)18)2-3-13(12)15/h2-3,6,9,11,16H,4-5,7-8H2,1H3,(H,17,18). The van der Waals surface area contributed by atoms with Crippen LogP contribution < -0.4 is 5.32 Å². The van der Waals surface area contributed by atoms with Gasteiger partial charge >= 0.3 is 5.97 Å². The third-order valence-corrected chi connectivity index (χ3v) is 3.58. The second kappa shape index (κ2) is 6.12. The minimum atomic E-state index is -1.04. The van der Waals surface area contributed by atoms with E-state index in [1.165, 1.54) is 18.2 Å². The van der Waals surface area contributed by atoms with Gasteiger partial charge in [0.15, 0.2) is 0 Å². The predicted molar refractivity (Wildman–Crippen MR) is 68.6 cm³/mol. The van der Waals surface area contributed by atoms with E-state index in [-0.39, 0.29) is 17.4 Å². The molecule has 1 aromatic carbocycles. The Morgan fingerprint density at radius 1 is 1.63 bits per heavy atom. The number of nitrogens with one attached hydrogen (secondary N) is 1. The summed E-state index contributed by atoms with van der Waals surface area (Å²) in [6, 6.07) is 4.07. The van der Waals surface area contributed by atoms with Crippen LogP contribution in [0, 0.1) is 11.7 Å². The third-order valence-electron chi connectivity index (χ3n) is 3.58. The summed E-state index contributed by atoms with van der Waals surface area (Å²) in [5.41, 5.74) is 0.487. The van der Waals surface area contributed by atoms with Crippen LogP contribution in [0.3, 0.4) is 0 Å². The van der Waals surface area contributed by atoms with E-state index in [9.17, 15) is 9.18 Å². The van der Waals surface area contributed by atoms with E-state index in [1.807, 2.05) is 6.92 Å². The maximum absolute atomic E-state index is 13.6. The molecule has 0 spiro atoms. The van der Waals surface area contributed by atoms with Crippen LogP contribution in [0.1, 0.15) is 29.3 Å². The van der Waals surface area contributed by atoms with Gasteiger partial charge in [-0.2, -0.15) is 0 Å². The van der Waals surface area contributed by atoms with Crippen molar-refractivity contribution in [2.24, 2.45) is 5.92 Å². The summed E-state index contributed by atoms with van der Waals surface area (Å²) in [7, 11) is 0. The van der Waals surface area contributed by atoms with Gasteiger partial charge in [-0.15, -0.1) is 0 Å². The highest BCUT2D eigenvalue weighted by Gasteiger charge is 2.22. The molecule has 19 heavy (non-hydrogen) atoms. The van der Waals surface area contributed by atoms with Crippen molar-refractivity contribution in [3.8, 4) is 0 Å². The van der Waals surface area contributed by atoms with Gasteiger partial charge in [-0.25, -0.2) is 9.18 Å². The maximum atomic E-state index is 13.6. The van der Waals surface area contributed by atoms with Crippen LogP contribution in [0.15, 0.2) is 18.2 Å². The Kier molecular flexibility index (Phi) is 4.50. The van der Waals surface area contributed by atoms with Crippen LogP contribution in [-0.2, 0) is 11.3 Å². The third kappa shape index (κ3) is 3.52. The van der Waals surface area contributed by atoms with E-state index < -0.39 is 5.97 Å². The molecule has 4 nitrogen and oxygen atoms in total. The summed E-state index contributed by atoms with van der Waals surface area (Å²) in [6.45, 7) is 3.87. The van der Waals surface area contributed by atoms with Crippen molar-refractivity contribution in [1.82, 2.24) is 5.32 Å². The number of carboxylic acid groups (broad SMARTS) is 1. The van der Waals surface area contributed by atoms with E-state index in [0.717, 1.165) is 19.6 Å². The Balaban J connectivity index is 1.98. The van der Waals surface area contributed by atoms with Crippen molar-refractivity contribution in [2.45, 2.75) is 25.9 Å². The van der Waals surface area contributed by atoms with E-state index in [1.54, 1.807) is 0 Å². The van der Waals surface area contributed by atoms with Gasteiger partial charge in [0, 0.05) is 24.8 Å². The van der Waals surface area contributed by atoms with Crippen molar-refractivity contribution in [1.29, 1.82) is 0 Å². The van der Waals surface area contributed by atoms with E-state index in [2.05, 4.69) is 5.32 Å². The van der Waals surface area contributed by atoms with Gasteiger partial charge in [0.1, 0.15) is 5.82 Å². The summed E-state index contributed by atoms with van der Waals surface area (Å²) in [6.07, 6.45) is 1.01. The molecule has 0 aromatic heterocycles. The van der Waals surface area contributed by atoms with Gasteiger partial charge in [-0.3, -0.25) is 0 Å². The number of carbonyl (C=O) groups is 1. The lowest BCUT2D eigenvalue weighted by molar-refractivity contribution is 0.0696. The molecule has 0 saturated carbocycles. The molecule has 1 fully saturated rings. The molecule has 2 N–H and O–H groups in total. The molecular weight excluding hydrogens is 249 g/mol. The molecule has 0 amide bonds. The highest BCUT2D eigenvalue weighted by atomic mass is 19.1. The van der Waals surface area contributed by atoms with Gasteiger partial charge in [-0.1, -0.05) is 0 Å². The van der Waals surface area contributed by atoms with Crippen molar-refractivity contribution in [3.63, 3.8) is 0 Å². The fourth-order valence-electron chi connectivity index (χ4n) is 2.23. The fourth-order valence-corrected chi connectivity index (χ4v) is 2.23. The van der Waals surface area contributed by atoms with Crippen molar-refractivity contribution in [2.75, 3.05) is 13.2 Å². The summed E-state index contributed by atoms with van der Waals surface area (Å²) in [5, 5.41) is 12.1. The quantitative estimate of drug-likeness (QED) is 0.857. The number of aromatic carboxylic acids is 1. The molecule has 1 aliphatic heterocycles. The molecule has 1 aromatic rings. The average Bonchev–Trinajstić information content (AvgIpc) is 2.91. The Labute approximate surface area is 111 Å². The molecule has 2 unspecified atom stereocenters. The van der Waals surface area contributed by atoms with Gasteiger partial charge < -0.3 is 15.2 Å². The first-order chi connectivity index (χ1) is 9.08. The van der Waals surface area contributed by atoms with Gasteiger partial charge in [0.05, 0.1) is 12.2 Å². The average molecular weight is 267 g/mol. The van der Waals surface area contributed by atoms with Crippen LogP contribution in [0.4, 0.5) is 4.39 Å². The van der Waals surface area contributed by atoms with Crippen LogP contribution in [0.25, 0.3) is 0 Å². The second-order valence-corrected chi connectivity index (χ2v) is 4.90. The summed E-state index contributed by atoms with van der Waals surface area (Å²) in [5.74, 6) is -0.989. The lowest BCUT2D eigenvalue weighted by atomic mass is 10.0. The maximum Gasteiger partial charge on any atom is 0.335 e. The van der Waals surface area contributed by atoms with Crippen molar-refractivity contribution < 1.29 is 19.0 Å². The van der Waals surface area contributed by atoms with E-state index >= 15 is 0 Å².